The quantitative estimate of drug-likeness (QED) is 0.394. The van der Waals surface area contributed by atoms with Gasteiger partial charge in [0.05, 0.1) is 20.0 Å². The van der Waals surface area contributed by atoms with Crippen molar-refractivity contribution in [1.82, 2.24) is 24.6 Å². The average molecular weight is 526 g/mol. The van der Waals surface area contributed by atoms with E-state index in [1.165, 1.54) is 18.9 Å². The molecule has 0 saturated carbocycles. The Balaban J connectivity index is 1.53. The van der Waals surface area contributed by atoms with E-state index in [9.17, 15) is 9.59 Å². The fourth-order valence-electron chi connectivity index (χ4n) is 4.26. The predicted molar refractivity (Wildman–Crippen MR) is 140 cm³/mol. The molecule has 0 N–H and O–H groups in total. The van der Waals surface area contributed by atoms with Gasteiger partial charge in [0.1, 0.15) is 18.1 Å². The summed E-state index contributed by atoms with van der Waals surface area (Å²) in [6, 6.07) is 15.1. The SMILES string of the molecule is COCC(=O)N1CCN(C(=O)CSc2nnc(-c3cccc(OC)c3)n2-c2ccc(OC)cc2)CC1C. The van der Waals surface area contributed by atoms with Gasteiger partial charge in [-0.25, -0.2) is 0 Å². The number of methoxy groups -OCH3 is 3. The Morgan fingerprint density at radius 3 is 2.41 bits per heavy atom. The molecule has 1 unspecified atom stereocenters. The minimum atomic E-state index is -0.0760. The first-order chi connectivity index (χ1) is 17.9. The standard InChI is InChI=1S/C26H31N5O5S/c1-18-15-29(12-13-30(18)23(32)16-34-2)24(33)17-37-26-28-27-25(19-6-5-7-22(14-19)36-4)31(26)20-8-10-21(35-3)11-9-20/h5-11,14,18H,12-13,15-17H2,1-4H3. The Kier molecular flexibility index (Phi) is 8.67. The summed E-state index contributed by atoms with van der Waals surface area (Å²) < 4.78 is 17.6. The smallest absolute Gasteiger partial charge is 0.248 e. The second kappa shape index (κ2) is 12.1. The van der Waals surface area contributed by atoms with Crippen molar-refractivity contribution in [3.05, 3.63) is 48.5 Å². The van der Waals surface area contributed by atoms with E-state index in [-0.39, 0.29) is 30.2 Å². The van der Waals surface area contributed by atoms with Crippen LogP contribution in [0.5, 0.6) is 11.5 Å². The molecular weight excluding hydrogens is 494 g/mol. The number of carbonyl (C=O) groups excluding carboxylic acids is 2. The van der Waals surface area contributed by atoms with Crippen molar-refractivity contribution in [2.24, 2.45) is 0 Å². The van der Waals surface area contributed by atoms with Crippen LogP contribution in [0.4, 0.5) is 0 Å². The van der Waals surface area contributed by atoms with Gasteiger partial charge in [-0.05, 0) is 43.3 Å². The third-order valence-corrected chi connectivity index (χ3v) is 7.10. The number of carbonyl (C=O) groups is 2. The van der Waals surface area contributed by atoms with Crippen molar-refractivity contribution in [2.45, 2.75) is 18.1 Å². The third-order valence-electron chi connectivity index (χ3n) is 6.19. The number of aromatic nitrogens is 3. The molecule has 4 rings (SSSR count). The molecule has 3 aromatic rings. The summed E-state index contributed by atoms with van der Waals surface area (Å²) >= 11 is 1.33. The number of piperazine rings is 1. The zero-order valence-electron chi connectivity index (χ0n) is 21.4. The Hall–Kier alpha value is -3.57. The van der Waals surface area contributed by atoms with E-state index in [0.29, 0.717) is 36.4 Å². The zero-order chi connectivity index (χ0) is 26.4. The number of hydrogen-bond donors (Lipinski definition) is 0. The molecule has 11 heteroatoms. The number of rotatable bonds is 9. The number of ether oxygens (including phenoxy) is 3. The molecule has 2 amide bonds. The maximum absolute atomic E-state index is 13.1. The fraction of sp³-hybridized carbons (Fsp3) is 0.385. The average Bonchev–Trinajstić information content (AvgIpc) is 3.35. The third kappa shape index (κ3) is 6.05. The lowest BCUT2D eigenvalue weighted by molar-refractivity contribution is -0.143. The van der Waals surface area contributed by atoms with E-state index >= 15 is 0 Å². The summed E-state index contributed by atoms with van der Waals surface area (Å²) in [5.74, 6) is 2.21. The summed E-state index contributed by atoms with van der Waals surface area (Å²) in [6.45, 7) is 3.45. The Morgan fingerprint density at radius 1 is 0.973 bits per heavy atom. The van der Waals surface area contributed by atoms with Gasteiger partial charge in [-0.1, -0.05) is 23.9 Å². The highest BCUT2D eigenvalue weighted by Crippen LogP contribution is 2.30. The maximum atomic E-state index is 13.1. The molecule has 1 saturated heterocycles. The molecule has 2 aromatic carbocycles. The van der Waals surface area contributed by atoms with Crippen molar-refractivity contribution in [1.29, 1.82) is 0 Å². The molecule has 37 heavy (non-hydrogen) atoms. The van der Waals surface area contributed by atoms with Crippen LogP contribution < -0.4 is 9.47 Å². The Morgan fingerprint density at radius 2 is 1.73 bits per heavy atom. The van der Waals surface area contributed by atoms with Gasteiger partial charge in [0.25, 0.3) is 0 Å². The molecule has 0 bridgehead atoms. The van der Waals surface area contributed by atoms with Gasteiger partial charge < -0.3 is 24.0 Å². The van der Waals surface area contributed by atoms with Gasteiger partial charge in [0, 0.05) is 44.0 Å². The lowest BCUT2D eigenvalue weighted by Crippen LogP contribution is -2.56. The van der Waals surface area contributed by atoms with Gasteiger partial charge in [-0.3, -0.25) is 14.2 Å². The van der Waals surface area contributed by atoms with Crippen LogP contribution in [0.25, 0.3) is 17.1 Å². The minimum absolute atomic E-state index is 0.0112. The van der Waals surface area contributed by atoms with Crippen LogP contribution in [-0.2, 0) is 14.3 Å². The fourth-order valence-corrected chi connectivity index (χ4v) is 5.11. The number of amides is 2. The van der Waals surface area contributed by atoms with Crippen molar-refractivity contribution in [3.63, 3.8) is 0 Å². The van der Waals surface area contributed by atoms with Gasteiger partial charge in [-0.2, -0.15) is 0 Å². The summed E-state index contributed by atoms with van der Waals surface area (Å²) in [6.07, 6.45) is 0. The van der Waals surface area contributed by atoms with Crippen LogP contribution in [0.15, 0.2) is 53.7 Å². The van der Waals surface area contributed by atoms with E-state index in [1.54, 1.807) is 24.0 Å². The normalized spacial score (nSPS) is 15.5. The van der Waals surface area contributed by atoms with Crippen LogP contribution in [0.2, 0.25) is 0 Å². The summed E-state index contributed by atoms with van der Waals surface area (Å²) in [4.78, 5) is 28.9. The van der Waals surface area contributed by atoms with Crippen LogP contribution in [0.3, 0.4) is 0 Å². The van der Waals surface area contributed by atoms with Crippen LogP contribution in [0, 0.1) is 0 Å². The summed E-state index contributed by atoms with van der Waals surface area (Å²) in [5, 5.41) is 9.47. The molecular formula is C26H31N5O5S. The Labute approximate surface area is 220 Å². The second-order valence-corrected chi connectivity index (χ2v) is 9.51. The number of hydrogen-bond acceptors (Lipinski definition) is 8. The van der Waals surface area contributed by atoms with Crippen molar-refractivity contribution >= 4 is 23.6 Å². The topological polar surface area (TPSA) is 99.0 Å². The number of benzene rings is 2. The molecule has 196 valence electrons. The number of nitrogens with zero attached hydrogens (tertiary/aromatic N) is 5. The van der Waals surface area contributed by atoms with E-state index in [4.69, 9.17) is 14.2 Å². The lowest BCUT2D eigenvalue weighted by Gasteiger charge is -2.39. The van der Waals surface area contributed by atoms with Crippen molar-refractivity contribution in [3.8, 4) is 28.6 Å². The van der Waals surface area contributed by atoms with E-state index in [0.717, 1.165) is 17.0 Å². The van der Waals surface area contributed by atoms with Crippen LogP contribution >= 0.6 is 11.8 Å². The first kappa shape index (κ1) is 26.5. The first-order valence-corrected chi connectivity index (χ1v) is 12.9. The largest absolute Gasteiger partial charge is 0.497 e. The molecule has 0 aliphatic carbocycles. The highest BCUT2D eigenvalue weighted by atomic mass is 32.2. The lowest BCUT2D eigenvalue weighted by atomic mass is 10.2. The van der Waals surface area contributed by atoms with E-state index < -0.39 is 0 Å². The van der Waals surface area contributed by atoms with Gasteiger partial charge in [0.2, 0.25) is 11.8 Å². The number of thioether (sulfide) groups is 1. The molecule has 2 heterocycles. The molecule has 1 aliphatic rings. The molecule has 10 nitrogen and oxygen atoms in total. The van der Waals surface area contributed by atoms with Crippen LogP contribution in [-0.4, -0.2) is 95.7 Å². The van der Waals surface area contributed by atoms with E-state index in [1.807, 2.05) is 60.0 Å². The monoisotopic (exact) mass is 525 g/mol. The molecule has 0 spiro atoms. The minimum Gasteiger partial charge on any atom is -0.497 e. The zero-order valence-corrected chi connectivity index (χ0v) is 22.2. The molecule has 1 fully saturated rings. The van der Waals surface area contributed by atoms with Crippen molar-refractivity contribution < 1.29 is 23.8 Å². The van der Waals surface area contributed by atoms with Gasteiger partial charge in [-0.15, -0.1) is 10.2 Å². The van der Waals surface area contributed by atoms with Gasteiger partial charge in [0.15, 0.2) is 11.0 Å². The molecule has 1 aromatic heterocycles. The maximum Gasteiger partial charge on any atom is 0.248 e. The Bertz CT molecular complexity index is 1230. The van der Waals surface area contributed by atoms with E-state index in [2.05, 4.69) is 10.2 Å². The predicted octanol–water partition coefficient (Wildman–Crippen LogP) is 2.75. The molecule has 1 atom stereocenters. The first-order valence-electron chi connectivity index (χ1n) is 11.9. The van der Waals surface area contributed by atoms with Gasteiger partial charge >= 0.3 is 0 Å². The van der Waals surface area contributed by atoms with Crippen molar-refractivity contribution in [2.75, 3.05) is 53.3 Å². The summed E-state index contributed by atoms with van der Waals surface area (Å²) in [5.41, 5.74) is 1.68. The summed E-state index contributed by atoms with van der Waals surface area (Å²) in [7, 11) is 4.74. The highest BCUT2D eigenvalue weighted by molar-refractivity contribution is 7.99. The highest BCUT2D eigenvalue weighted by Gasteiger charge is 2.30. The molecule has 1 aliphatic heterocycles. The molecule has 0 radical (unpaired) electrons. The van der Waals surface area contributed by atoms with Crippen LogP contribution in [0.1, 0.15) is 6.92 Å². The second-order valence-electron chi connectivity index (χ2n) is 8.57.